The molecule has 1 saturated heterocycles. The average molecular weight is 255 g/mol. The summed E-state index contributed by atoms with van der Waals surface area (Å²) in [6.45, 7) is 1.34. The highest BCUT2D eigenvalue weighted by molar-refractivity contribution is 6.30. The van der Waals surface area contributed by atoms with Crippen molar-refractivity contribution in [2.24, 2.45) is 0 Å². The van der Waals surface area contributed by atoms with Gasteiger partial charge in [0.15, 0.2) is 0 Å². The van der Waals surface area contributed by atoms with Gasteiger partial charge >= 0.3 is 6.03 Å². The summed E-state index contributed by atoms with van der Waals surface area (Å²) < 4.78 is 5.41. The number of carbonyl (C=O) groups excluding carboxylic acids is 1. The molecule has 2 N–H and O–H groups in total. The van der Waals surface area contributed by atoms with E-state index in [4.69, 9.17) is 16.3 Å². The van der Waals surface area contributed by atoms with Crippen molar-refractivity contribution in [1.29, 1.82) is 0 Å². The Bertz CT molecular complexity index is 392. The van der Waals surface area contributed by atoms with E-state index in [1.165, 1.54) is 0 Å². The van der Waals surface area contributed by atoms with Gasteiger partial charge in [-0.3, -0.25) is 0 Å². The number of anilines is 1. The second-order valence-corrected chi connectivity index (χ2v) is 4.42. The molecule has 1 aromatic rings. The Morgan fingerprint density at radius 1 is 1.53 bits per heavy atom. The molecule has 2 rings (SSSR count). The highest BCUT2D eigenvalue weighted by Crippen LogP contribution is 2.15. The average Bonchev–Trinajstić information content (AvgIpc) is 2.79. The number of amides is 2. The van der Waals surface area contributed by atoms with Crippen molar-refractivity contribution < 1.29 is 9.53 Å². The zero-order chi connectivity index (χ0) is 12.1. The fourth-order valence-electron chi connectivity index (χ4n) is 1.75. The zero-order valence-electron chi connectivity index (χ0n) is 9.41. The molecule has 0 unspecified atom stereocenters. The highest BCUT2D eigenvalue weighted by Gasteiger charge is 2.15. The van der Waals surface area contributed by atoms with Crippen LogP contribution in [0.15, 0.2) is 24.3 Å². The molecule has 1 heterocycles. The molecule has 1 atom stereocenters. The Morgan fingerprint density at radius 3 is 3.12 bits per heavy atom. The van der Waals surface area contributed by atoms with Gasteiger partial charge in [-0.05, 0) is 31.0 Å². The van der Waals surface area contributed by atoms with Gasteiger partial charge in [-0.15, -0.1) is 0 Å². The Labute approximate surface area is 105 Å². The van der Waals surface area contributed by atoms with Crippen molar-refractivity contribution >= 4 is 23.3 Å². The summed E-state index contributed by atoms with van der Waals surface area (Å²) in [4.78, 5) is 11.6. The quantitative estimate of drug-likeness (QED) is 0.871. The Hall–Kier alpha value is -1.26. The van der Waals surface area contributed by atoms with Gasteiger partial charge in [-0.25, -0.2) is 4.79 Å². The zero-order valence-corrected chi connectivity index (χ0v) is 10.2. The van der Waals surface area contributed by atoms with Crippen LogP contribution in [0, 0.1) is 0 Å². The number of halogens is 1. The van der Waals surface area contributed by atoms with Crippen molar-refractivity contribution in [2.75, 3.05) is 18.5 Å². The lowest BCUT2D eigenvalue weighted by atomic mass is 10.2. The maximum Gasteiger partial charge on any atom is 0.319 e. The topological polar surface area (TPSA) is 50.4 Å². The Kier molecular flexibility index (Phi) is 4.23. The van der Waals surface area contributed by atoms with Crippen LogP contribution >= 0.6 is 11.6 Å². The summed E-state index contributed by atoms with van der Waals surface area (Å²) in [6.07, 6.45) is 2.24. The lowest BCUT2D eigenvalue weighted by Gasteiger charge is -2.11. The number of urea groups is 1. The molecular formula is C12H15ClN2O2. The maximum atomic E-state index is 11.6. The fourth-order valence-corrected chi connectivity index (χ4v) is 1.94. The molecule has 0 aliphatic carbocycles. The van der Waals surface area contributed by atoms with E-state index in [-0.39, 0.29) is 12.1 Å². The van der Waals surface area contributed by atoms with Gasteiger partial charge in [0.05, 0.1) is 6.10 Å². The molecule has 1 fully saturated rings. The van der Waals surface area contributed by atoms with E-state index in [9.17, 15) is 4.79 Å². The summed E-state index contributed by atoms with van der Waals surface area (Å²) in [7, 11) is 0. The van der Waals surface area contributed by atoms with Gasteiger partial charge in [-0.1, -0.05) is 17.7 Å². The number of ether oxygens (including phenoxy) is 1. The Morgan fingerprint density at radius 2 is 2.41 bits per heavy atom. The van der Waals surface area contributed by atoms with Crippen molar-refractivity contribution in [1.82, 2.24) is 5.32 Å². The van der Waals surface area contributed by atoms with E-state index < -0.39 is 0 Å². The largest absolute Gasteiger partial charge is 0.376 e. The molecule has 4 nitrogen and oxygen atoms in total. The third-order valence-corrected chi connectivity index (χ3v) is 2.83. The minimum Gasteiger partial charge on any atom is -0.376 e. The van der Waals surface area contributed by atoms with E-state index in [0.717, 1.165) is 19.4 Å². The monoisotopic (exact) mass is 254 g/mol. The second kappa shape index (κ2) is 5.89. The lowest BCUT2D eigenvalue weighted by molar-refractivity contribution is 0.112. The smallest absolute Gasteiger partial charge is 0.319 e. The van der Waals surface area contributed by atoms with Crippen LogP contribution in [-0.2, 0) is 4.74 Å². The van der Waals surface area contributed by atoms with E-state index in [2.05, 4.69) is 10.6 Å². The molecule has 0 radical (unpaired) electrons. The number of carbonyl (C=O) groups is 1. The molecule has 1 aromatic carbocycles. The van der Waals surface area contributed by atoms with Gasteiger partial charge in [0, 0.05) is 23.9 Å². The van der Waals surface area contributed by atoms with E-state index in [1.54, 1.807) is 24.3 Å². The molecule has 1 aliphatic heterocycles. The van der Waals surface area contributed by atoms with E-state index in [0.29, 0.717) is 17.3 Å². The molecule has 2 amide bonds. The van der Waals surface area contributed by atoms with Gasteiger partial charge < -0.3 is 15.4 Å². The van der Waals surface area contributed by atoms with Gasteiger partial charge in [-0.2, -0.15) is 0 Å². The first kappa shape index (κ1) is 12.2. The molecular weight excluding hydrogens is 240 g/mol. The van der Waals surface area contributed by atoms with Crippen LogP contribution in [0.4, 0.5) is 10.5 Å². The summed E-state index contributed by atoms with van der Waals surface area (Å²) in [5, 5.41) is 6.09. The van der Waals surface area contributed by atoms with Crippen LogP contribution in [0.1, 0.15) is 12.8 Å². The molecule has 0 spiro atoms. The van der Waals surface area contributed by atoms with Gasteiger partial charge in [0.2, 0.25) is 0 Å². The van der Waals surface area contributed by atoms with Crippen LogP contribution in [0.25, 0.3) is 0 Å². The molecule has 0 saturated carbocycles. The predicted octanol–water partition coefficient (Wildman–Crippen LogP) is 2.64. The highest BCUT2D eigenvalue weighted by atomic mass is 35.5. The number of benzene rings is 1. The third-order valence-electron chi connectivity index (χ3n) is 2.60. The van der Waals surface area contributed by atoms with Crippen LogP contribution in [0.3, 0.4) is 0 Å². The first-order valence-electron chi connectivity index (χ1n) is 5.66. The standard InChI is InChI=1S/C12H15ClN2O2/c13-9-3-1-4-10(7-9)15-12(16)14-8-11-5-2-6-17-11/h1,3-4,7,11H,2,5-6,8H2,(H2,14,15,16)/t11-/m0/s1. The minimum atomic E-state index is -0.234. The fraction of sp³-hybridized carbons (Fsp3) is 0.417. The van der Waals surface area contributed by atoms with Crippen molar-refractivity contribution in [3.8, 4) is 0 Å². The molecule has 1 aliphatic rings. The van der Waals surface area contributed by atoms with Crippen LogP contribution < -0.4 is 10.6 Å². The predicted molar refractivity (Wildman–Crippen MR) is 67.4 cm³/mol. The molecule has 0 bridgehead atoms. The summed E-state index contributed by atoms with van der Waals surface area (Å²) >= 11 is 5.82. The lowest BCUT2D eigenvalue weighted by Crippen LogP contribution is -2.34. The Balaban J connectivity index is 1.76. The first-order valence-corrected chi connectivity index (χ1v) is 6.04. The number of rotatable bonds is 3. The minimum absolute atomic E-state index is 0.153. The van der Waals surface area contributed by atoms with Crippen LogP contribution in [-0.4, -0.2) is 25.3 Å². The van der Waals surface area contributed by atoms with Crippen LogP contribution in [0.2, 0.25) is 5.02 Å². The van der Waals surface area contributed by atoms with Gasteiger partial charge in [0.25, 0.3) is 0 Å². The van der Waals surface area contributed by atoms with Crippen molar-refractivity contribution in [3.05, 3.63) is 29.3 Å². The molecule has 92 valence electrons. The summed E-state index contributed by atoms with van der Waals surface area (Å²) in [6, 6.07) is 6.81. The molecule has 0 aromatic heterocycles. The summed E-state index contributed by atoms with van der Waals surface area (Å²) in [5.41, 5.74) is 0.683. The molecule has 5 heteroatoms. The van der Waals surface area contributed by atoms with Gasteiger partial charge in [0.1, 0.15) is 0 Å². The normalized spacial score (nSPS) is 19.0. The van der Waals surface area contributed by atoms with Crippen molar-refractivity contribution in [3.63, 3.8) is 0 Å². The number of nitrogens with one attached hydrogen (secondary N) is 2. The number of hydrogen-bond acceptors (Lipinski definition) is 2. The molecule has 17 heavy (non-hydrogen) atoms. The first-order chi connectivity index (χ1) is 8.24. The van der Waals surface area contributed by atoms with Crippen LogP contribution in [0.5, 0.6) is 0 Å². The maximum absolute atomic E-state index is 11.6. The van der Waals surface area contributed by atoms with Crippen molar-refractivity contribution in [2.45, 2.75) is 18.9 Å². The summed E-state index contributed by atoms with van der Waals surface area (Å²) in [5.74, 6) is 0. The SMILES string of the molecule is O=C(NC[C@@H]1CCCO1)Nc1cccc(Cl)c1. The second-order valence-electron chi connectivity index (χ2n) is 3.98. The van der Waals surface area contributed by atoms with E-state index >= 15 is 0 Å². The third kappa shape index (κ3) is 3.91. The van der Waals surface area contributed by atoms with E-state index in [1.807, 2.05) is 0 Å². The number of hydrogen-bond donors (Lipinski definition) is 2.